The molecule has 1 heterocycles. The third kappa shape index (κ3) is 6.34. The third-order valence-electron chi connectivity index (χ3n) is 4.64. The van der Waals surface area contributed by atoms with Gasteiger partial charge in [-0.15, -0.1) is 0 Å². The van der Waals surface area contributed by atoms with Gasteiger partial charge in [0.05, 0.1) is 0 Å². The van der Waals surface area contributed by atoms with Crippen LogP contribution in [0.2, 0.25) is 0 Å². The summed E-state index contributed by atoms with van der Waals surface area (Å²) < 4.78 is 0. The van der Waals surface area contributed by atoms with Crippen molar-refractivity contribution in [1.29, 1.82) is 0 Å². The molecular formula is C20H30N2O2. The highest BCUT2D eigenvalue weighted by Gasteiger charge is 2.23. The van der Waals surface area contributed by atoms with Gasteiger partial charge in [0.25, 0.3) is 0 Å². The lowest BCUT2D eigenvalue weighted by Gasteiger charge is -2.33. The van der Waals surface area contributed by atoms with E-state index < -0.39 is 0 Å². The number of nitrogens with one attached hydrogen (secondary N) is 1. The van der Waals surface area contributed by atoms with Gasteiger partial charge >= 0.3 is 0 Å². The highest BCUT2D eigenvalue weighted by atomic mass is 16.2. The van der Waals surface area contributed by atoms with Crippen LogP contribution in [0.1, 0.15) is 51.0 Å². The van der Waals surface area contributed by atoms with Crippen LogP contribution in [-0.2, 0) is 16.0 Å². The molecule has 1 fully saturated rings. The van der Waals surface area contributed by atoms with Gasteiger partial charge in [0.2, 0.25) is 11.8 Å². The predicted molar refractivity (Wildman–Crippen MR) is 96.6 cm³/mol. The molecule has 1 aromatic carbocycles. The molecule has 0 aromatic heterocycles. The van der Waals surface area contributed by atoms with Gasteiger partial charge in [0, 0.05) is 32.5 Å². The number of aryl methyl sites for hydroxylation is 1. The summed E-state index contributed by atoms with van der Waals surface area (Å²) in [6.45, 7) is 4.36. The van der Waals surface area contributed by atoms with Crippen molar-refractivity contribution >= 4 is 11.8 Å². The molecule has 0 spiro atoms. The Morgan fingerprint density at radius 3 is 2.75 bits per heavy atom. The zero-order valence-corrected chi connectivity index (χ0v) is 14.8. The summed E-state index contributed by atoms with van der Waals surface area (Å²) in [6.07, 6.45) is 6.08. The number of piperidine rings is 1. The lowest BCUT2D eigenvalue weighted by Crippen LogP contribution is -2.43. The summed E-state index contributed by atoms with van der Waals surface area (Å²) in [4.78, 5) is 26.0. The quantitative estimate of drug-likeness (QED) is 0.796. The Morgan fingerprint density at radius 2 is 2.00 bits per heavy atom. The third-order valence-corrected chi connectivity index (χ3v) is 4.64. The van der Waals surface area contributed by atoms with Gasteiger partial charge in [-0.05, 0) is 43.6 Å². The summed E-state index contributed by atoms with van der Waals surface area (Å²) in [7, 11) is 0. The Bertz CT molecular complexity index is 516. The molecule has 1 aromatic rings. The normalized spacial score (nSPS) is 17.5. The number of carbonyl (C=O) groups excluding carboxylic acids is 2. The average molecular weight is 330 g/mol. The van der Waals surface area contributed by atoms with E-state index in [0.717, 1.165) is 45.2 Å². The van der Waals surface area contributed by atoms with Crippen LogP contribution in [-0.4, -0.2) is 36.3 Å². The maximum absolute atomic E-state index is 12.4. The van der Waals surface area contributed by atoms with Crippen molar-refractivity contribution in [3.05, 3.63) is 35.9 Å². The molecule has 132 valence electrons. The zero-order chi connectivity index (χ0) is 17.2. The van der Waals surface area contributed by atoms with Crippen LogP contribution >= 0.6 is 0 Å². The Morgan fingerprint density at radius 1 is 1.21 bits per heavy atom. The van der Waals surface area contributed by atoms with Crippen molar-refractivity contribution in [3.63, 3.8) is 0 Å². The van der Waals surface area contributed by atoms with Gasteiger partial charge in [-0.3, -0.25) is 9.59 Å². The Balaban J connectivity index is 1.69. The SMILES string of the molecule is CCCC(=O)NCC1CCCN(C(=O)CCCc2ccccc2)C1. The minimum Gasteiger partial charge on any atom is -0.356 e. The fourth-order valence-corrected chi connectivity index (χ4v) is 3.28. The summed E-state index contributed by atoms with van der Waals surface area (Å²) in [5.74, 6) is 0.789. The molecule has 4 heteroatoms. The van der Waals surface area contributed by atoms with Gasteiger partial charge < -0.3 is 10.2 Å². The number of benzene rings is 1. The molecular weight excluding hydrogens is 300 g/mol. The van der Waals surface area contributed by atoms with Crippen LogP contribution in [0.25, 0.3) is 0 Å². The number of hydrogen-bond acceptors (Lipinski definition) is 2. The van der Waals surface area contributed by atoms with Crippen LogP contribution in [0.15, 0.2) is 30.3 Å². The predicted octanol–water partition coefficient (Wildman–Crippen LogP) is 3.16. The first kappa shape index (κ1) is 18.5. The highest BCUT2D eigenvalue weighted by molar-refractivity contribution is 5.76. The number of likely N-dealkylation sites (tertiary alicyclic amines) is 1. The monoisotopic (exact) mass is 330 g/mol. The van der Waals surface area contributed by atoms with E-state index in [-0.39, 0.29) is 11.8 Å². The summed E-state index contributed by atoms with van der Waals surface area (Å²) in [5.41, 5.74) is 1.29. The van der Waals surface area contributed by atoms with Gasteiger partial charge in [-0.25, -0.2) is 0 Å². The van der Waals surface area contributed by atoms with E-state index in [1.165, 1.54) is 5.56 Å². The van der Waals surface area contributed by atoms with E-state index in [1.54, 1.807) is 0 Å². The molecule has 2 rings (SSSR count). The number of amides is 2. The maximum atomic E-state index is 12.4. The molecule has 1 unspecified atom stereocenters. The van der Waals surface area contributed by atoms with Crippen LogP contribution in [0, 0.1) is 5.92 Å². The van der Waals surface area contributed by atoms with Gasteiger partial charge in [-0.1, -0.05) is 37.3 Å². The fourth-order valence-electron chi connectivity index (χ4n) is 3.28. The lowest BCUT2D eigenvalue weighted by atomic mass is 9.97. The standard InChI is InChI=1S/C20H30N2O2/c1-2-8-19(23)21-15-18-12-7-14-22(16-18)20(24)13-6-11-17-9-4-3-5-10-17/h3-5,9-10,18H,2,6-8,11-16H2,1H3,(H,21,23). The number of nitrogens with zero attached hydrogens (tertiary/aromatic N) is 1. The lowest BCUT2D eigenvalue weighted by molar-refractivity contribution is -0.133. The summed E-state index contributed by atoms with van der Waals surface area (Å²) in [6, 6.07) is 10.3. The van der Waals surface area contributed by atoms with E-state index in [2.05, 4.69) is 17.4 Å². The highest BCUT2D eigenvalue weighted by Crippen LogP contribution is 2.17. The maximum Gasteiger partial charge on any atom is 0.222 e. The first-order chi connectivity index (χ1) is 11.7. The van der Waals surface area contributed by atoms with Crippen molar-refractivity contribution in [3.8, 4) is 0 Å². The topological polar surface area (TPSA) is 49.4 Å². The van der Waals surface area contributed by atoms with Gasteiger partial charge in [-0.2, -0.15) is 0 Å². The molecule has 24 heavy (non-hydrogen) atoms. The zero-order valence-electron chi connectivity index (χ0n) is 14.8. The summed E-state index contributed by atoms with van der Waals surface area (Å²) >= 11 is 0. The Labute approximate surface area is 145 Å². The molecule has 1 N–H and O–H groups in total. The van der Waals surface area contributed by atoms with Crippen molar-refractivity contribution < 1.29 is 9.59 Å². The Kier molecular flexibility index (Phi) is 7.80. The van der Waals surface area contributed by atoms with Crippen molar-refractivity contribution in [2.45, 2.75) is 51.9 Å². The second-order valence-electron chi connectivity index (χ2n) is 6.74. The first-order valence-electron chi connectivity index (χ1n) is 9.27. The van der Waals surface area contributed by atoms with Crippen LogP contribution in [0.3, 0.4) is 0 Å². The van der Waals surface area contributed by atoms with Gasteiger partial charge in [0.1, 0.15) is 0 Å². The number of rotatable bonds is 8. The number of carbonyl (C=O) groups is 2. The molecule has 2 amide bonds. The van der Waals surface area contributed by atoms with E-state index >= 15 is 0 Å². The fraction of sp³-hybridized carbons (Fsp3) is 0.600. The van der Waals surface area contributed by atoms with E-state index in [1.807, 2.05) is 30.0 Å². The van der Waals surface area contributed by atoms with E-state index in [4.69, 9.17) is 0 Å². The second-order valence-corrected chi connectivity index (χ2v) is 6.74. The second kappa shape index (κ2) is 10.1. The summed E-state index contributed by atoms with van der Waals surface area (Å²) in [5, 5.41) is 3.00. The molecule has 0 radical (unpaired) electrons. The van der Waals surface area contributed by atoms with Crippen LogP contribution < -0.4 is 5.32 Å². The molecule has 1 atom stereocenters. The average Bonchev–Trinajstić information content (AvgIpc) is 2.61. The minimum absolute atomic E-state index is 0.129. The first-order valence-corrected chi connectivity index (χ1v) is 9.27. The Hall–Kier alpha value is -1.84. The number of hydrogen-bond donors (Lipinski definition) is 1. The van der Waals surface area contributed by atoms with E-state index in [9.17, 15) is 9.59 Å². The molecule has 1 saturated heterocycles. The van der Waals surface area contributed by atoms with Crippen LogP contribution in [0.5, 0.6) is 0 Å². The van der Waals surface area contributed by atoms with Crippen LogP contribution in [0.4, 0.5) is 0 Å². The largest absolute Gasteiger partial charge is 0.356 e. The molecule has 0 bridgehead atoms. The smallest absolute Gasteiger partial charge is 0.222 e. The van der Waals surface area contributed by atoms with E-state index in [0.29, 0.717) is 25.3 Å². The molecule has 0 aliphatic carbocycles. The van der Waals surface area contributed by atoms with Crippen molar-refractivity contribution in [1.82, 2.24) is 10.2 Å². The van der Waals surface area contributed by atoms with Crippen molar-refractivity contribution in [2.24, 2.45) is 5.92 Å². The molecule has 1 aliphatic rings. The minimum atomic E-state index is 0.129. The van der Waals surface area contributed by atoms with Crippen molar-refractivity contribution in [2.75, 3.05) is 19.6 Å². The molecule has 0 saturated carbocycles. The molecule has 1 aliphatic heterocycles. The molecule has 4 nitrogen and oxygen atoms in total. The van der Waals surface area contributed by atoms with Gasteiger partial charge in [0.15, 0.2) is 0 Å².